The summed E-state index contributed by atoms with van der Waals surface area (Å²) in [7, 11) is 0. The van der Waals surface area contributed by atoms with Crippen LogP contribution in [0.25, 0.3) is 27.4 Å². The number of aromatic nitrogens is 1. The van der Waals surface area contributed by atoms with E-state index in [4.69, 9.17) is 9.73 Å². The van der Waals surface area contributed by atoms with Crippen molar-refractivity contribution in [3.8, 4) is 11.8 Å². The predicted octanol–water partition coefficient (Wildman–Crippen LogP) is 7.19. The summed E-state index contributed by atoms with van der Waals surface area (Å²) in [6, 6.07) is 31.1. The normalized spacial score (nSPS) is 19.0. The van der Waals surface area contributed by atoms with E-state index in [1.54, 1.807) is 0 Å². The standard InChI is InChI=1S/C33H22N4O/c34-19-20-8-7-9-21(18-20)30-26-12-1-4-13-27(26)35-33(36-30)37-28-14-5-2-10-22(28)24-16-17-25-23-11-3-6-15-29(23)38-32(25)31(24)37/h1-14,16-18,29,33,35H,15H2. The van der Waals surface area contributed by atoms with Gasteiger partial charge in [-0.15, -0.1) is 0 Å². The number of para-hydroxylation sites is 2. The Hall–Kier alpha value is -5.08. The topological polar surface area (TPSA) is 62.3 Å². The molecule has 2 atom stereocenters. The summed E-state index contributed by atoms with van der Waals surface area (Å²) < 4.78 is 8.92. The Morgan fingerprint density at radius 2 is 1.82 bits per heavy atom. The van der Waals surface area contributed by atoms with Crippen molar-refractivity contribution in [2.75, 3.05) is 5.32 Å². The van der Waals surface area contributed by atoms with Gasteiger partial charge in [-0.2, -0.15) is 5.26 Å². The highest BCUT2D eigenvalue weighted by molar-refractivity contribution is 6.17. The molecule has 3 aliphatic rings. The summed E-state index contributed by atoms with van der Waals surface area (Å²) in [6.07, 6.45) is 6.97. The quantitative estimate of drug-likeness (QED) is 0.285. The molecule has 1 N–H and O–H groups in total. The average molecular weight is 491 g/mol. The molecule has 3 heterocycles. The molecule has 1 aliphatic carbocycles. The molecule has 5 aromatic rings. The van der Waals surface area contributed by atoms with Crippen molar-refractivity contribution in [3.63, 3.8) is 0 Å². The first kappa shape index (κ1) is 21.0. The molecule has 0 radical (unpaired) electrons. The van der Waals surface area contributed by atoms with Gasteiger partial charge in [0.1, 0.15) is 6.10 Å². The minimum atomic E-state index is -0.405. The Kier molecular flexibility index (Phi) is 4.41. The van der Waals surface area contributed by atoms with Crippen molar-refractivity contribution in [1.82, 2.24) is 4.57 Å². The second-order valence-corrected chi connectivity index (χ2v) is 9.85. The van der Waals surface area contributed by atoms with Crippen LogP contribution >= 0.6 is 0 Å². The van der Waals surface area contributed by atoms with Gasteiger partial charge in [0.15, 0.2) is 5.75 Å². The van der Waals surface area contributed by atoms with Gasteiger partial charge >= 0.3 is 0 Å². The maximum Gasteiger partial charge on any atom is 0.201 e. The lowest BCUT2D eigenvalue weighted by Crippen LogP contribution is -2.25. The van der Waals surface area contributed by atoms with Crippen LogP contribution in [0.2, 0.25) is 0 Å². The van der Waals surface area contributed by atoms with Gasteiger partial charge in [-0.3, -0.25) is 4.57 Å². The van der Waals surface area contributed by atoms with E-state index in [-0.39, 0.29) is 6.10 Å². The van der Waals surface area contributed by atoms with Gasteiger partial charge < -0.3 is 10.1 Å². The largest absolute Gasteiger partial charge is 0.483 e. The third-order valence-electron chi connectivity index (χ3n) is 7.73. The van der Waals surface area contributed by atoms with E-state index < -0.39 is 6.29 Å². The summed E-state index contributed by atoms with van der Waals surface area (Å²) in [6.45, 7) is 0. The minimum Gasteiger partial charge on any atom is -0.483 e. The SMILES string of the molecule is N#Cc1cccc(C2=NC(n3c4ccccc4c4ccc5c(c43)OC3CC=CC=C53)Nc3ccccc32)c1. The maximum absolute atomic E-state index is 9.54. The third kappa shape index (κ3) is 2.95. The second-order valence-electron chi connectivity index (χ2n) is 9.85. The smallest absolute Gasteiger partial charge is 0.201 e. The number of benzene rings is 4. The van der Waals surface area contributed by atoms with Crippen molar-refractivity contribution in [2.24, 2.45) is 4.99 Å². The van der Waals surface area contributed by atoms with Crippen LogP contribution in [0.1, 0.15) is 35.0 Å². The molecular formula is C33H22N4O. The molecule has 0 spiro atoms. The molecule has 2 unspecified atom stereocenters. The summed E-state index contributed by atoms with van der Waals surface area (Å²) >= 11 is 0. The van der Waals surface area contributed by atoms with Gasteiger partial charge in [0, 0.05) is 45.1 Å². The van der Waals surface area contributed by atoms with Crippen LogP contribution < -0.4 is 10.1 Å². The molecule has 38 heavy (non-hydrogen) atoms. The monoisotopic (exact) mass is 490 g/mol. The highest BCUT2D eigenvalue weighted by atomic mass is 16.5. The van der Waals surface area contributed by atoms with E-state index in [0.717, 1.165) is 56.7 Å². The third-order valence-corrected chi connectivity index (χ3v) is 7.73. The molecule has 0 amide bonds. The minimum absolute atomic E-state index is 0.0416. The van der Waals surface area contributed by atoms with Crippen molar-refractivity contribution in [3.05, 3.63) is 125 Å². The van der Waals surface area contributed by atoms with Crippen LogP contribution in [0.5, 0.6) is 5.75 Å². The number of nitriles is 1. The Balaban J connectivity index is 1.41. The molecule has 180 valence electrons. The van der Waals surface area contributed by atoms with Crippen LogP contribution in [-0.4, -0.2) is 16.4 Å². The molecule has 2 aliphatic heterocycles. The zero-order chi connectivity index (χ0) is 25.2. The first-order valence-corrected chi connectivity index (χ1v) is 12.8. The lowest BCUT2D eigenvalue weighted by atomic mass is 9.96. The van der Waals surface area contributed by atoms with Crippen molar-refractivity contribution < 1.29 is 4.74 Å². The Morgan fingerprint density at radius 3 is 2.76 bits per heavy atom. The Morgan fingerprint density at radius 1 is 0.921 bits per heavy atom. The van der Waals surface area contributed by atoms with Gasteiger partial charge in [0.2, 0.25) is 6.29 Å². The van der Waals surface area contributed by atoms with Crippen LogP contribution in [0.15, 0.2) is 108 Å². The average Bonchev–Trinajstić information content (AvgIpc) is 3.52. The number of nitrogens with zero attached hydrogens (tertiary/aromatic N) is 3. The molecule has 5 heteroatoms. The second kappa shape index (κ2) is 7.96. The van der Waals surface area contributed by atoms with Crippen molar-refractivity contribution in [1.29, 1.82) is 5.26 Å². The van der Waals surface area contributed by atoms with Crippen LogP contribution in [0, 0.1) is 11.3 Å². The molecule has 0 bridgehead atoms. The van der Waals surface area contributed by atoms with E-state index >= 15 is 0 Å². The van der Waals surface area contributed by atoms with Crippen LogP contribution in [-0.2, 0) is 0 Å². The fourth-order valence-corrected chi connectivity index (χ4v) is 6.05. The highest BCUT2D eigenvalue weighted by Crippen LogP contribution is 2.48. The molecule has 8 rings (SSSR count). The number of hydrogen-bond donors (Lipinski definition) is 1. The number of aliphatic imine (C=N–C) groups is 1. The van der Waals surface area contributed by atoms with Gasteiger partial charge in [-0.25, -0.2) is 4.99 Å². The number of fused-ring (bicyclic) bond motifs is 8. The summed E-state index contributed by atoms with van der Waals surface area (Å²) in [5.41, 5.74) is 8.95. The van der Waals surface area contributed by atoms with E-state index in [0.29, 0.717) is 5.56 Å². The van der Waals surface area contributed by atoms with E-state index in [2.05, 4.69) is 82.7 Å². The van der Waals surface area contributed by atoms with Gasteiger partial charge in [-0.05, 0) is 24.3 Å². The number of anilines is 1. The molecule has 5 nitrogen and oxygen atoms in total. The summed E-state index contributed by atoms with van der Waals surface area (Å²) in [5, 5.41) is 15.6. The molecule has 0 fully saturated rings. The molecule has 0 saturated carbocycles. The Labute approximate surface area is 219 Å². The first-order valence-electron chi connectivity index (χ1n) is 12.8. The molecule has 4 aromatic carbocycles. The first-order chi connectivity index (χ1) is 18.8. The summed E-state index contributed by atoms with van der Waals surface area (Å²) in [5.74, 6) is 0.919. The lowest BCUT2D eigenvalue weighted by Gasteiger charge is -2.28. The Bertz CT molecular complexity index is 1930. The fourth-order valence-electron chi connectivity index (χ4n) is 6.05. The number of rotatable bonds is 2. The number of allylic oxidation sites excluding steroid dienone is 2. The summed E-state index contributed by atoms with van der Waals surface area (Å²) in [4.78, 5) is 5.30. The van der Waals surface area contributed by atoms with Gasteiger partial charge in [0.05, 0.1) is 28.4 Å². The zero-order valence-corrected chi connectivity index (χ0v) is 20.4. The molecular weight excluding hydrogens is 468 g/mol. The number of ether oxygens (including phenoxy) is 1. The lowest BCUT2D eigenvalue weighted by molar-refractivity contribution is 0.280. The highest BCUT2D eigenvalue weighted by Gasteiger charge is 2.34. The zero-order valence-electron chi connectivity index (χ0n) is 20.4. The van der Waals surface area contributed by atoms with E-state index in [1.807, 2.05) is 36.4 Å². The van der Waals surface area contributed by atoms with Gasteiger partial charge in [-0.1, -0.05) is 78.9 Å². The number of hydrogen-bond acceptors (Lipinski definition) is 4. The van der Waals surface area contributed by atoms with Crippen LogP contribution in [0.4, 0.5) is 5.69 Å². The maximum atomic E-state index is 9.54. The van der Waals surface area contributed by atoms with E-state index in [9.17, 15) is 5.26 Å². The van der Waals surface area contributed by atoms with Gasteiger partial charge in [0.25, 0.3) is 0 Å². The van der Waals surface area contributed by atoms with Crippen molar-refractivity contribution >= 4 is 38.8 Å². The predicted molar refractivity (Wildman–Crippen MR) is 151 cm³/mol. The number of nitrogens with one attached hydrogen (secondary N) is 1. The van der Waals surface area contributed by atoms with Crippen LogP contribution in [0.3, 0.4) is 0 Å². The van der Waals surface area contributed by atoms with E-state index in [1.165, 1.54) is 11.0 Å². The van der Waals surface area contributed by atoms with Crippen molar-refractivity contribution in [2.45, 2.75) is 18.8 Å². The molecule has 0 saturated heterocycles. The molecule has 1 aromatic heterocycles. The fraction of sp³-hybridized carbons (Fsp3) is 0.0909.